The number of nitrogens with one attached hydrogen (secondary N) is 2. The Labute approximate surface area is 102 Å². The molecule has 2 aliphatic rings. The van der Waals surface area contributed by atoms with Crippen LogP contribution < -0.4 is 10.2 Å². The van der Waals surface area contributed by atoms with Crippen molar-refractivity contribution in [1.82, 2.24) is 15.1 Å². The molecule has 0 spiro atoms. The van der Waals surface area contributed by atoms with E-state index in [0.29, 0.717) is 6.42 Å². The van der Waals surface area contributed by atoms with Gasteiger partial charge in [0.05, 0.1) is 6.61 Å². The number of rotatable bonds is 3. The highest BCUT2D eigenvalue weighted by Crippen LogP contribution is 2.26. The molecule has 18 heavy (non-hydrogen) atoms. The van der Waals surface area contributed by atoms with Crippen LogP contribution in [0, 0.1) is 5.53 Å². The quantitative estimate of drug-likeness (QED) is 0.439. The van der Waals surface area contributed by atoms with E-state index in [9.17, 15) is 9.59 Å². The van der Waals surface area contributed by atoms with Crippen molar-refractivity contribution in [2.45, 2.75) is 31.2 Å². The second kappa shape index (κ2) is 5.21. The average molecular weight is 256 g/mol. The Balaban J connectivity index is 2.04. The zero-order valence-electron chi connectivity index (χ0n) is 9.57. The smallest absolute Gasteiger partial charge is 0.326 e. The van der Waals surface area contributed by atoms with Crippen LogP contribution in [0.5, 0.6) is 0 Å². The lowest BCUT2D eigenvalue weighted by Gasteiger charge is -2.31. The fraction of sp³-hybridized carbons (Fsp3) is 0.778. The first-order chi connectivity index (χ1) is 8.65. The van der Waals surface area contributed by atoms with Gasteiger partial charge in [0, 0.05) is 19.4 Å². The zero-order chi connectivity index (χ0) is 13.1. The summed E-state index contributed by atoms with van der Waals surface area (Å²) >= 11 is 0. The largest absolute Gasteiger partial charge is 0.394 e. The SMILES string of the molecule is N=[N+]=NC1CC(N2CCC(=O)NC2=O)OC1CO. The molecular formula is C9H14N5O4+. The van der Waals surface area contributed by atoms with E-state index in [4.69, 9.17) is 15.4 Å². The Bertz CT molecular complexity index is 408. The maximum atomic E-state index is 11.6. The minimum Gasteiger partial charge on any atom is -0.394 e. The number of aliphatic hydroxyl groups is 1. The predicted octanol–water partition coefficient (Wildman–Crippen LogP) is -1.05. The van der Waals surface area contributed by atoms with Crippen LogP contribution in [0.1, 0.15) is 12.8 Å². The summed E-state index contributed by atoms with van der Waals surface area (Å²) in [6, 6.07) is -0.945. The molecule has 0 saturated carbocycles. The lowest BCUT2D eigenvalue weighted by atomic mass is 10.1. The lowest BCUT2D eigenvalue weighted by Crippen LogP contribution is -2.53. The molecule has 0 radical (unpaired) electrons. The predicted molar refractivity (Wildman–Crippen MR) is 56.3 cm³/mol. The number of hydrogen-bond acceptors (Lipinski definition) is 6. The summed E-state index contributed by atoms with van der Waals surface area (Å²) in [5.74, 6) is -0.310. The molecule has 98 valence electrons. The first-order valence-electron chi connectivity index (χ1n) is 5.59. The fourth-order valence-corrected chi connectivity index (χ4v) is 2.12. The van der Waals surface area contributed by atoms with Crippen molar-refractivity contribution in [3.8, 4) is 0 Å². The van der Waals surface area contributed by atoms with Gasteiger partial charge in [0.25, 0.3) is 0 Å². The third-order valence-corrected chi connectivity index (χ3v) is 3.02. The van der Waals surface area contributed by atoms with E-state index in [2.05, 4.69) is 15.3 Å². The highest BCUT2D eigenvalue weighted by atomic mass is 16.5. The Morgan fingerprint density at radius 2 is 2.39 bits per heavy atom. The van der Waals surface area contributed by atoms with Gasteiger partial charge in [0.2, 0.25) is 10.8 Å². The first kappa shape index (κ1) is 12.6. The van der Waals surface area contributed by atoms with Crippen LogP contribution in [0.15, 0.2) is 5.11 Å². The number of carbonyl (C=O) groups excluding carboxylic acids is 2. The molecule has 2 heterocycles. The third-order valence-electron chi connectivity index (χ3n) is 3.02. The second-order valence-electron chi connectivity index (χ2n) is 4.13. The van der Waals surface area contributed by atoms with Crippen molar-refractivity contribution < 1.29 is 19.4 Å². The molecule has 0 aromatic carbocycles. The molecule has 0 aromatic heterocycles. The van der Waals surface area contributed by atoms with Crippen LogP contribution in [0.2, 0.25) is 0 Å². The molecule has 0 aliphatic carbocycles. The number of ether oxygens (including phenoxy) is 1. The van der Waals surface area contributed by atoms with Gasteiger partial charge in [-0.2, -0.15) is 0 Å². The Morgan fingerprint density at radius 3 is 3.00 bits per heavy atom. The molecule has 3 amide bonds. The number of carbonyl (C=O) groups is 2. The summed E-state index contributed by atoms with van der Waals surface area (Å²) in [4.78, 5) is 27.0. The van der Waals surface area contributed by atoms with Crippen molar-refractivity contribution >= 4 is 11.9 Å². The number of amides is 3. The maximum Gasteiger partial charge on any atom is 0.326 e. The highest BCUT2D eigenvalue weighted by Gasteiger charge is 2.43. The molecule has 3 atom stereocenters. The van der Waals surface area contributed by atoms with E-state index < -0.39 is 24.4 Å². The first-order valence-corrected chi connectivity index (χ1v) is 5.59. The van der Waals surface area contributed by atoms with Gasteiger partial charge < -0.3 is 9.84 Å². The summed E-state index contributed by atoms with van der Waals surface area (Å²) < 4.78 is 5.49. The van der Waals surface area contributed by atoms with E-state index >= 15 is 0 Å². The second-order valence-corrected chi connectivity index (χ2v) is 4.13. The van der Waals surface area contributed by atoms with Crippen molar-refractivity contribution in [2.24, 2.45) is 5.11 Å². The fourth-order valence-electron chi connectivity index (χ4n) is 2.12. The van der Waals surface area contributed by atoms with E-state index in [0.717, 1.165) is 0 Å². The van der Waals surface area contributed by atoms with Gasteiger partial charge in [0.15, 0.2) is 6.04 Å². The Hall–Kier alpha value is -1.83. The van der Waals surface area contributed by atoms with Crippen molar-refractivity contribution in [1.29, 1.82) is 5.53 Å². The molecule has 2 aliphatic heterocycles. The maximum absolute atomic E-state index is 11.6. The van der Waals surface area contributed by atoms with Crippen molar-refractivity contribution in [3.63, 3.8) is 0 Å². The van der Waals surface area contributed by atoms with Crippen LogP contribution in [-0.2, 0) is 9.53 Å². The number of hydrogen-bond donors (Lipinski definition) is 3. The molecule has 9 nitrogen and oxygen atoms in total. The molecule has 2 fully saturated rings. The van der Waals surface area contributed by atoms with Gasteiger partial charge >= 0.3 is 6.03 Å². The minimum absolute atomic E-state index is 0.222. The molecular weight excluding hydrogens is 242 g/mol. The highest BCUT2D eigenvalue weighted by molar-refractivity contribution is 5.96. The lowest BCUT2D eigenvalue weighted by molar-refractivity contribution is -0.123. The average Bonchev–Trinajstić information content (AvgIpc) is 2.72. The van der Waals surface area contributed by atoms with Gasteiger partial charge in [-0.15, -0.1) is 0 Å². The molecule has 0 aromatic rings. The van der Waals surface area contributed by atoms with E-state index in [1.807, 2.05) is 0 Å². The van der Waals surface area contributed by atoms with Crippen molar-refractivity contribution in [3.05, 3.63) is 0 Å². The van der Waals surface area contributed by atoms with Gasteiger partial charge in [-0.05, 0) is 0 Å². The van der Waals surface area contributed by atoms with E-state index in [1.165, 1.54) is 4.90 Å². The van der Waals surface area contributed by atoms with Crippen LogP contribution in [0.3, 0.4) is 0 Å². The zero-order valence-corrected chi connectivity index (χ0v) is 9.57. The van der Waals surface area contributed by atoms with Gasteiger partial charge in [-0.25, -0.2) is 4.79 Å². The summed E-state index contributed by atoms with van der Waals surface area (Å²) in [7, 11) is 0. The standard InChI is InChI=1S/C9H13N5O4/c10-13-12-5-3-8(18-6(5)4-15)14-2-1-7(16)11-9(14)17/h5-6,8,10,15H,1-4H2/p+1. The number of imide groups is 1. The number of aliphatic hydroxyl groups excluding tert-OH is 1. The molecule has 2 saturated heterocycles. The van der Waals surface area contributed by atoms with Crippen molar-refractivity contribution in [2.75, 3.05) is 13.2 Å². The van der Waals surface area contributed by atoms with Gasteiger partial charge in [-0.1, -0.05) is 0 Å². The van der Waals surface area contributed by atoms with Crippen LogP contribution in [-0.4, -0.2) is 53.5 Å². The topological polar surface area (TPSA) is 129 Å². The van der Waals surface area contributed by atoms with E-state index in [1.54, 1.807) is 0 Å². The molecule has 3 N–H and O–H groups in total. The molecule has 0 bridgehead atoms. The summed E-state index contributed by atoms with van der Waals surface area (Å²) in [6.07, 6.45) is -0.546. The van der Waals surface area contributed by atoms with Crippen LogP contribution >= 0.6 is 0 Å². The summed E-state index contributed by atoms with van der Waals surface area (Å²) in [5.41, 5.74) is 6.69. The van der Waals surface area contributed by atoms with Gasteiger partial charge in [-0.3, -0.25) is 15.0 Å². The van der Waals surface area contributed by atoms with E-state index in [-0.39, 0.29) is 25.5 Å². The normalized spacial score (nSPS) is 32.1. The minimum atomic E-state index is -0.575. The monoisotopic (exact) mass is 256 g/mol. The van der Waals surface area contributed by atoms with Gasteiger partial charge in [0.1, 0.15) is 23.0 Å². The summed E-state index contributed by atoms with van der Waals surface area (Å²) in [6.45, 7) is 0.0206. The molecule has 2 rings (SSSR count). The number of urea groups is 1. The Morgan fingerprint density at radius 1 is 1.61 bits per heavy atom. The van der Waals surface area contributed by atoms with Crippen LogP contribution in [0.25, 0.3) is 0 Å². The number of nitrogens with zero attached hydrogens (tertiary/aromatic N) is 3. The Kier molecular flexibility index (Phi) is 3.66. The molecule has 3 unspecified atom stereocenters. The molecule has 9 heteroatoms. The van der Waals surface area contributed by atoms with Crippen LogP contribution in [0.4, 0.5) is 4.79 Å². The third kappa shape index (κ3) is 2.37. The summed E-state index contributed by atoms with van der Waals surface area (Å²) in [5, 5.41) is 15.0.